The summed E-state index contributed by atoms with van der Waals surface area (Å²) in [5.74, 6) is -0.695. The van der Waals surface area contributed by atoms with E-state index in [1.165, 1.54) is 25.7 Å². The molecule has 1 aliphatic rings. The van der Waals surface area contributed by atoms with Gasteiger partial charge >= 0.3 is 5.97 Å². The van der Waals surface area contributed by atoms with Crippen molar-refractivity contribution in [1.82, 2.24) is 0 Å². The minimum absolute atomic E-state index is 0.580. The van der Waals surface area contributed by atoms with Gasteiger partial charge in [0.25, 0.3) is 0 Å². The van der Waals surface area contributed by atoms with Crippen LogP contribution in [-0.2, 0) is 4.79 Å². The molecule has 0 amide bonds. The van der Waals surface area contributed by atoms with Crippen molar-refractivity contribution in [3.8, 4) is 0 Å². The molecule has 0 spiro atoms. The minimum Gasteiger partial charge on any atom is -0.480 e. The highest BCUT2D eigenvalue weighted by Crippen LogP contribution is 2.37. The van der Waals surface area contributed by atoms with Gasteiger partial charge in [-0.1, -0.05) is 12.8 Å². The van der Waals surface area contributed by atoms with Crippen LogP contribution in [0.25, 0.3) is 0 Å². The van der Waals surface area contributed by atoms with Crippen LogP contribution < -0.4 is 0 Å². The molecule has 1 fully saturated rings. The summed E-state index contributed by atoms with van der Waals surface area (Å²) in [5, 5.41) is 9.46. The summed E-state index contributed by atoms with van der Waals surface area (Å²) < 4.78 is -0.602. The number of carbonyl (C=O) groups is 1. The third-order valence-electron chi connectivity index (χ3n) is 2.28. The summed E-state index contributed by atoms with van der Waals surface area (Å²) in [4.78, 5) is 10.8. The van der Waals surface area contributed by atoms with Crippen LogP contribution in [0.3, 0.4) is 0 Å². The molecular formula is C9H16O2S. The first-order valence-electron chi connectivity index (χ1n) is 4.43. The Morgan fingerprint density at radius 2 is 1.92 bits per heavy atom. The third kappa shape index (κ3) is 2.41. The normalized spacial score (nSPS) is 19.8. The molecule has 1 aliphatic carbocycles. The standard InChI is InChI=1S/C9H16O2S/c1-9(2,8(10)11)12-7-5-3-4-6-7/h7H,3-6H2,1-2H3,(H,10,11). The SMILES string of the molecule is CC(C)(SC1CCCC1)C(=O)O. The fraction of sp³-hybridized carbons (Fsp3) is 0.889. The molecule has 70 valence electrons. The van der Waals surface area contributed by atoms with E-state index in [9.17, 15) is 4.79 Å². The van der Waals surface area contributed by atoms with Crippen LogP contribution >= 0.6 is 11.8 Å². The van der Waals surface area contributed by atoms with E-state index in [1.54, 1.807) is 25.6 Å². The number of carboxylic acid groups (broad SMARTS) is 1. The summed E-state index contributed by atoms with van der Waals surface area (Å²) in [7, 11) is 0. The second-order valence-electron chi connectivity index (χ2n) is 3.84. The van der Waals surface area contributed by atoms with Crippen LogP contribution in [0.15, 0.2) is 0 Å². The lowest BCUT2D eigenvalue weighted by Gasteiger charge is -2.22. The average molecular weight is 188 g/mol. The van der Waals surface area contributed by atoms with Gasteiger partial charge in [0.2, 0.25) is 0 Å². The van der Waals surface area contributed by atoms with Gasteiger partial charge in [0, 0.05) is 5.25 Å². The minimum atomic E-state index is -0.695. The van der Waals surface area contributed by atoms with Crippen molar-refractivity contribution in [2.45, 2.75) is 49.5 Å². The van der Waals surface area contributed by atoms with Gasteiger partial charge in [-0.3, -0.25) is 4.79 Å². The topological polar surface area (TPSA) is 37.3 Å². The number of rotatable bonds is 3. The van der Waals surface area contributed by atoms with Gasteiger partial charge in [0.15, 0.2) is 0 Å². The van der Waals surface area contributed by atoms with E-state index in [0.717, 1.165) is 0 Å². The van der Waals surface area contributed by atoms with Crippen LogP contribution in [0.1, 0.15) is 39.5 Å². The summed E-state index contributed by atoms with van der Waals surface area (Å²) in [6.45, 7) is 3.58. The van der Waals surface area contributed by atoms with Crippen LogP contribution in [0, 0.1) is 0 Å². The molecule has 0 bridgehead atoms. The van der Waals surface area contributed by atoms with E-state index in [4.69, 9.17) is 5.11 Å². The number of thioether (sulfide) groups is 1. The van der Waals surface area contributed by atoms with Crippen molar-refractivity contribution >= 4 is 17.7 Å². The van der Waals surface area contributed by atoms with Crippen molar-refractivity contribution < 1.29 is 9.90 Å². The number of hydrogen-bond donors (Lipinski definition) is 1. The van der Waals surface area contributed by atoms with Gasteiger partial charge in [-0.25, -0.2) is 0 Å². The highest BCUT2D eigenvalue weighted by Gasteiger charge is 2.32. The molecule has 0 unspecified atom stereocenters. The lowest BCUT2D eigenvalue weighted by atomic mass is 10.2. The number of carboxylic acids is 1. The Kier molecular flexibility index (Phi) is 3.04. The average Bonchev–Trinajstić information content (AvgIpc) is 2.38. The molecule has 1 saturated carbocycles. The first-order valence-corrected chi connectivity index (χ1v) is 5.31. The Hall–Kier alpha value is -0.180. The van der Waals surface area contributed by atoms with Gasteiger partial charge < -0.3 is 5.11 Å². The van der Waals surface area contributed by atoms with Crippen LogP contribution in [-0.4, -0.2) is 21.1 Å². The van der Waals surface area contributed by atoms with Crippen LogP contribution in [0.5, 0.6) is 0 Å². The molecule has 0 heterocycles. The number of aliphatic carboxylic acids is 1. The third-order valence-corrected chi connectivity index (χ3v) is 3.85. The van der Waals surface area contributed by atoms with Gasteiger partial charge in [0.05, 0.1) is 0 Å². The molecule has 12 heavy (non-hydrogen) atoms. The van der Waals surface area contributed by atoms with Crippen LogP contribution in [0.2, 0.25) is 0 Å². The predicted octanol–water partition coefficient (Wildman–Crippen LogP) is 2.53. The van der Waals surface area contributed by atoms with E-state index in [1.807, 2.05) is 0 Å². The molecule has 3 heteroatoms. The summed E-state index contributed by atoms with van der Waals surface area (Å²) >= 11 is 1.62. The fourth-order valence-electron chi connectivity index (χ4n) is 1.47. The monoisotopic (exact) mass is 188 g/mol. The molecular weight excluding hydrogens is 172 g/mol. The first kappa shape index (κ1) is 9.90. The smallest absolute Gasteiger partial charge is 0.319 e. The van der Waals surface area contributed by atoms with Crippen molar-refractivity contribution in [2.24, 2.45) is 0 Å². The molecule has 1 rings (SSSR count). The molecule has 0 aromatic carbocycles. The molecule has 0 aliphatic heterocycles. The first-order chi connectivity index (χ1) is 5.52. The fourth-order valence-corrected chi connectivity index (χ4v) is 2.98. The zero-order chi connectivity index (χ0) is 9.19. The molecule has 0 aromatic heterocycles. The zero-order valence-corrected chi connectivity index (χ0v) is 8.49. The molecule has 0 radical (unpaired) electrons. The maximum absolute atomic E-state index is 10.8. The van der Waals surface area contributed by atoms with Gasteiger partial charge in [-0.05, 0) is 26.7 Å². The second kappa shape index (κ2) is 3.69. The highest BCUT2D eigenvalue weighted by atomic mass is 32.2. The Bertz CT molecular complexity index is 171. The van der Waals surface area contributed by atoms with Crippen molar-refractivity contribution in [1.29, 1.82) is 0 Å². The maximum atomic E-state index is 10.8. The van der Waals surface area contributed by atoms with E-state index in [2.05, 4.69) is 0 Å². The Morgan fingerprint density at radius 3 is 2.33 bits per heavy atom. The van der Waals surface area contributed by atoms with E-state index >= 15 is 0 Å². The Labute approximate surface area is 77.7 Å². The quantitative estimate of drug-likeness (QED) is 0.739. The highest BCUT2D eigenvalue weighted by molar-refractivity contribution is 8.01. The summed E-state index contributed by atoms with van der Waals surface area (Å²) in [5.41, 5.74) is 0. The predicted molar refractivity (Wildman–Crippen MR) is 51.6 cm³/mol. The van der Waals surface area contributed by atoms with E-state index < -0.39 is 10.7 Å². The summed E-state index contributed by atoms with van der Waals surface area (Å²) in [6.07, 6.45) is 4.93. The van der Waals surface area contributed by atoms with Gasteiger partial charge in [0.1, 0.15) is 4.75 Å². The van der Waals surface area contributed by atoms with Crippen molar-refractivity contribution in [3.05, 3.63) is 0 Å². The molecule has 0 atom stereocenters. The Morgan fingerprint density at radius 1 is 1.42 bits per heavy atom. The van der Waals surface area contributed by atoms with Gasteiger partial charge in [-0.2, -0.15) is 0 Å². The number of hydrogen-bond acceptors (Lipinski definition) is 2. The largest absolute Gasteiger partial charge is 0.480 e. The summed E-state index contributed by atoms with van der Waals surface area (Å²) in [6, 6.07) is 0. The molecule has 0 aromatic rings. The molecule has 2 nitrogen and oxygen atoms in total. The van der Waals surface area contributed by atoms with Crippen molar-refractivity contribution in [2.75, 3.05) is 0 Å². The van der Waals surface area contributed by atoms with Gasteiger partial charge in [-0.15, -0.1) is 11.8 Å². The lowest BCUT2D eigenvalue weighted by Crippen LogP contribution is -2.29. The molecule has 0 saturated heterocycles. The van der Waals surface area contributed by atoms with E-state index in [0.29, 0.717) is 5.25 Å². The Balaban J connectivity index is 2.42. The zero-order valence-electron chi connectivity index (χ0n) is 7.67. The van der Waals surface area contributed by atoms with E-state index in [-0.39, 0.29) is 0 Å². The second-order valence-corrected chi connectivity index (χ2v) is 5.76. The maximum Gasteiger partial charge on any atom is 0.319 e. The lowest BCUT2D eigenvalue weighted by molar-refractivity contribution is -0.138. The molecule has 1 N–H and O–H groups in total. The van der Waals surface area contributed by atoms with Crippen molar-refractivity contribution in [3.63, 3.8) is 0 Å². The van der Waals surface area contributed by atoms with Crippen LogP contribution in [0.4, 0.5) is 0 Å².